The van der Waals surface area contributed by atoms with Crippen molar-refractivity contribution in [2.24, 2.45) is 0 Å². The lowest BCUT2D eigenvalue weighted by atomic mass is 9.70. The minimum atomic E-state index is -0.394. The fourth-order valence-electron chi connectivity index (χ4n) is 12.6. The van der Waals surface area contributed by atoms with Crippen LogP contribution in [0.1, 0.15) is 47.2 Å². The molecule has 0 N–H and O–H groups in total. The van der Waals surface area contributed by atoms with E-state index in [0.717, 1.165) is 0 Å². The summed E-state index contributed by atoms with van der Waals surface area (Å²) in [6, 6.07) is 82.6. The van der Waals surface area contributed by atoms with Crippen LogP contribution in [0.2, 0.25) is 0 Å². The molecule has 14 rings (SSSR count). The lowest BCUT2D eigenvalue weighted by molar-refractivity contribution is 0.666. The molecule has 0 aromatic heterocycles. The number of benzene rings is 11. The van der Waals surface area contributed by atoms with E-state index in [0.29, 0.717) is 0 Å². The molecule has 0 radical (unpaired) electrons. The molecule has 11 aromatic rings. The third-order valence-electron chi connectivity index (χ3n) is 15.3. The van der Waals surface area contributed by atoms with Gasteiger partial charge < -0.3 is 0 Å². The molecule has 0 saturated heterocycles. The molecule has 3 aliphatic rings. The van der Waals surface area contributed by atoms with E-state index in [-0.39, 0.29) is 5.41 Å². The summed E-state index contributed by atoms with van der Waals surface area (Å²) in [5.74, 6) is 0. The zero-order valence-electron chi connectivity index (χ0n) is 35.8. The molecule has 0 amide bonds. The molecule has 0 saturated carbocycles. The second kappa shape index (κ2) is 12.9. The normalized spacial score (nSPS) is 14.3. The number of hydrogen-bond donors (Lipinski definition) is 0. The fraction of sp³-hybridized carbons (Fsp3) is 0.0625. The third kappa shape index (κ3) is 4.57. The van der Waals surface area contributed by atoms with Gasteiger partial charge in [-0.25, -0.2) is 0 Å². The van der Waals surface area contributed by atoms with E-state index < -0.39 is 5.41 Å². The predicted molar refractivity (Wildman–Crippen MR) is 269 cm³/mol. The average molecular weight is 811 g/mol. The number of rotatable bonds is 3. The van der Waals surface area contributed by atoms with Crippen LogP contribution in [0.4, 0.5) is 0 Å². The van der Waals surface area contributed by atoms with Gasteiger partial charge in [-0.15, -0.1) is 0 Å². The quantitative estimate of drug-likeness (QED) is 0.156. The Labute approximate surface area is 373 Å². The molecule has 0 bridgehead atoms. The van der Waals surface area contributed by atoms with Crippen LogP contribution >= 0.6 is 0 Å². The average Bonchev–Trinajstić information content (AvgIpc) is 3.91. The van der Waals surface area contributed by atoms with Gasteiger partial charge in [-0.3, -0.25) is 0 Å². The van der Waals surface area contributed by atoms with Gasteiger partial charge in [0, 0.05) is 5.41 Å². The maximum absolute atomic E-state index is 2.54. The molecule has 1 spiro atoms. The summed E-state index contributed by atoms with van der Waals surface area (Å²) >= 11 is 0. The predicted octanol–water partition coefficient (Wildman–Crippen LogP) is 16.8. The van der Waals surface area contributed by atoms with Gasteiger partial charge >= 0.3 is 0 Å². The first kappa shape index (κ1) is 35.8. The van der Waals surface area contributed by atoms with E-state index in [4.69, 9.17) is 0 Å². The Morgan fingerprint density at radius 3 is 1.30 bits per heavy atom. The maximum atomic E-state index is 2.54. The summed E-state index contributed by atoms with van der Waals surface area (Å²) in [5, 5.41) is 7.73. The van der Waals surface area contributed by atoms with Gasteiger partial charge in [0.2, 0.25) is 0 Å². The third-order valence-corrected chi connectivity index (χ3v) is 15.3. The summed E-state index contributed by atoms with van der Waals surface area (Å²) in [6.45, 7) is 4.76. The van der Waals surface area contributed by atoms with Gasteiger partial charge in [-0.1, -0.05) is 220 Å². The van der Waals surface area contributed by atoms with E-state index in [9.17, 15) is 0 Å². The Kier molecular flexibility index (Phi) is 7.20. The molecule has 0 unspecified atom stereocenters. The molecular weight excluding hydrogens is 769 g/mol. The molecule has 0 heteroatoms. The second-order valence-corrected chi connectivity index (χ2v) is 18.7. The first-order valence-electron chi connectivity index (χ1n) is 22.7. The van der Waals surface area contributed by atoms with Crippen LogP contribution in [0.25, 0.3) is 99.1 Å². The van der Waals surface area contributed by atoms with Crippen LogP contribution in [0.15, 0.2) is 218 Å². The van der Waals surface area contributed by atoms with Crippen LogP contribution in [-0.4, -0.2) is 0 Å². The molecule has 64 heavy (non-hydrogen) atoms. The highest BCUT2D eigenvalue weighted by atomic mass is 14.5. The van der Waals surface area contributed by atoms with Crippen molar-refractivity contribution in [2.75, 3.05) is 0 Å². The van der Waals surface area contributed by atoms with Crippen LogP contribution in [-0.2, 0) is 10.8 Å². The van der Waals surface area contributed by atoms with Gasteiger partial charge in [-0.05, 0) is 145 Å². The molecular formula is C64H42. The van der Waals surface area contributed by atoms with E-state index in [2.05, 4.69) is 232 Å². The molecule has 298 valence electrons. The van der Waals surface area contributed by atoms with Gasteiger partial charge in [-0.2, -0.15) is 0 Å². The summed E-state index contributed by atoms with van der Waals surface area (Å²) in [5.41, 5.74) is 23.4. The number of hydrogen-bond acceptors (Lipinski definition) is 0. The Hall–Kier alpha value is -7.80. The van der Waals surface area contributed by atoms with Crippen LogP contribution < -0.4 is 0 Å². The van der Waals surface area contributed by atoms with Gasteiger partial charge in [0.25, 0.3) is 0 Å². The number of fused-ring (bicyclic) bond motifs is 17. The van der Waals surface area contributed by atoms with E-state index in [1.54, 1.807) is 0 Å². The molecule has 3 aliphatic carbocycles. The molecule has 0 aliphatic heterocycles. The largest absolute Gasteiger partial charge is 0.0725 e. The molecule has 0 nitrogen and oxygen atoms in total. The minimum Gasteiger partial charge on any atom is -0.0619 e. The topological polar surface area (TPSA) is 0 Å². The Morgan fingerprint density at radius 1 is 0.266 bits per heavy atom. The monoisotopic (exact) mass is 810 g/mol. The Morgan fingerprint density at radius 2 is 0.703 bits per heavy atom. The SMILES string of the molecule is CC1(C)c2ccc(-c3ccc(-c4c5ccccc5c(-c5ccc6c(c5)C5(c7ccccc7-c7ccccc75)c5ccccc5-6)c5ccccc45)cc3)cc2-c2ccc3ccccc3c21. The fourth-order valence-corrected chi connectivity index (χ4v) is 12.6. The van der Waals surface area contributed by atoms with Gasteiger partial charge in [0.05, 0.1) is 5.41 Å². The highest BCUT2D eigenvalue weighted by molar-refractivity contribution is 6.21. The van der Waals surface area contributed by atoms with Gasteiger partial charge in [0.1, 0.15) is 0 Å². The standard InChI is InChI=1S/C64H42/c1-63(2)55-36-33-42(37-54(55)53-35-31-40-15-3-4-16-44(40)62(53)63)39-27-29-41(30-28-39)60-49-20-5-7-22-51(49)61(52-23-8-6-21-50(52)60)43-32-34-48-47-19-11-14-26-58(47)64(59(48)38-43)56-24-12-9-17-45(56)46-18-10-13-25-57(46)64/h3-38H,1-2H3. The zero-order chi connectivity index (χ0) is 42.3. The summed E-state index contributed by atoms with van der Waals surface area (Å²) in [7, 11) is 0. The lowest BCUT2D eigenvalue weighted by Gasteiger charge is -2.30. The molecule has 11 aromatic carbocycles. The first-order valence-corrected chi connectivity index (χ1v) is 22.7. The Balaban J connectivity index is 0.928. The van der Waals surface area contributed by atoms with Crippen LogP contribution in [0.5, 0.6) is 0 Å². The Bertz CT molecular complexity index is 3680. The summed E-state index contributed by atoms with van der Waals surface area (Å²) in [4.78, 5) is 0. The minimum absolute atomic E-state index is 0.0677. The van der Waals surface area contributed by atoms with Crippen molar-refractivity contribution in [2.45, 2.75) is 24.7 Å². The summed E-state index contributed by atoms with van der Waals surface area (Å²) < 4.78 is 0. The van der Waals surface area contributed by atoms with E-state index in [1.807, 2.05) is 0 Å². The van der Waals surface area contributed by atoms with E-state index in [1.165, 1.54) is 132 Å². The van der Waals surface area contributed by atoms with Crippen LogP contribution in [0, 0.1) is 0 Å². The highest BCUT2D eigenvalue weighted by Gasteiger charge is 2.51. The molecule has 0 atom stereocenters. The first-order chi connectivity index (χ1) is 31.5. The van der Waals surface area contributed by atoms with Crippen molar-refractivity contribution >= 4 is 32.3 Å². The summed E-state index contributed by atoms with van der Waals surface area (Å²) in [6.07, 6.45) is 0. The van der Waals surface area contributed by atoms with E-state index >= 15 is 0 Å². The maximum Gasteiger partial charge on any atom is 0.0725 e. The molecule has 0 fully saturated rings. The van der Waals surface area contributed by atoms with Crippen molar-refractivity contribution in [3.63, 3.8) is 0 Å². The lowest BCUT2D eigenvalue weighted by Crippen LogP contribution is -2.25. The van der Waals surface area contributed by atoms with Crippen molar-refractivity contribution in [3.8, 4) is 66.8 Å². The van der Waals surface area contributed by atoms with Gasteiger partial charge in [0.15, 0.2) is 0 Å². The van der Waals surface area contributed by atoms with Crippen molar-refractivity contribution in [3.05, 3.63) is 252 Å². The smallest absolute Gasteiger partial charge is 0.0619 e. The van der Waals surface area contributed by atoms with Crippen molar-refractivity contribution in [1.29, 1.82) is 0 Å². The second-order valence-electron chi connectivity index (χ2n) is 18.7. The van der Waals surface area contributed by atoms with Crippen molar-refractivity contribution < 1.29 is 0 Å². The highest BCUT2D eigenvalue weighted by Crippen LogP contribution is 2.63. The van der Waals surface area contributed by atoms with Crippen molar-refractivity contribution in [1.82, 2.24) is 0 Å². The van der Waals surface area contributed by atoms with Crippen LogP contribution in [0.3, 0.4) is 0 Å². The zero-order valence-corrected chi connectivity index (χ0v) is 35.8. The molecule has 0 heterocycles.